The molecule has 1 aliphatic rings. The van der Waals surface area contributed by atoms with Crippen molar-refractivity contribution in [2.75, 3.05) is 25.5 Å². The van der Waals surface area contributed by atoms with E-state index in [4.69, 9.17) is 9.26 Å². The Morgan fingerprint density at radius 1 is 1.09 bits per heavy atom. The number of methoxy groups -OCH3 is 1. The molecule has 0 spiro atoms. The second-order valence-electron chi connectivity index (χ2n) is 7.71. The van der Waals surface area contributed by atoms with Gasteiger partial charge in [0, 0.05) is 37.3 Å². The number of hydrogen-bond acceptors (Lipinski definition) is 6. The van der Waals surface area contributed by atoms with Gasteiger partial charge in [0.1, 0.15) is 11.5 Å². The standard InChI is InChI=1S/C24H26N4O4/c1-31-19-9-7-18(8-10-19)26-24(30)16-28-12-11-22-20(15-28)21(27-32-22)13-23(29)25-14-17-5-3-2-4-6-17/h2-10H,11-16H2,1H3,(H,25,29)(H,26,30). The topological polar surface area (TPSA) is 96.7 Å². The van der Waals surface area contributed by atoms with Crippen molar-refractivity contribution in [3.63, 3.8) is 0 Å². The van der Waals surface area contributed by atoms with Crippen LogP contribution in [0.15, 0.2) is 59.1 Å². The highest BCUT2D eigenvalue weighted by atomic mass is 16.5. The predicted octanol–water partition coefficient (Wildman–Crippen LogP) is 2.54. The smallest absolute Gasteiger partial charge is 0.238 e. The molecular formula is C24H26N4O4. The van der Waals surface area contributed by atoms with Gasteiger partial charge in [-0.3, -0.25) is 14.5 Å². The molecular weight excluding hydrogens is 408 g/mol. The second-order valence-corrected chi connectivity index (χ2v) is 7.71. The van der Waals surface area contributed by atoms with Crippen molar-refractivity contribution in [3.05, 3.63) is 77.2 Å². The number of nitrogens with zero attached hydrogens (tertiary/aromatic N) is 2. The monoisotopic (exact) mass is 434 g/mol. The summed E-state index contributed by atoms with van der Waals surface area (Å²) < 4.78 is 10.6. The van der Waals surface area contributed by atoms with Gasteiger partial charge in [-0.2, -0.15) is 0 Å². The Hall–Kier alpha value is -3.65. The summed E-state index contributed by atoms with van der Waals surface area (Å²) >= 11 is 0. The number of fused-ring (bicyclic) bond motifs is 1. The maximum atomic E-state index is 12.5. The van der Waals surface area contributed by atoms with E-state index < -0.39 is 0 Å². The molecule has 166 valence electrons. The molecule has 3 aromatic rings. The SMILES string of the molecule is COc1ccc(NC(=O)CN2CCc3onc(CC(=O)NCc4ccccc4)c3C2)cc1. The van der Waals surface area contributed by atoms with Crippen LogP contribution in [-0.2, 0) is 35.5 Å². The lowest BCUT2D eigenvalue weighted by Gasteiger charge is -2.25. The number of amides is 2. The molecule has 2 heterocycles. The van der Waals surface area contributed by atoms with Gasteiger partial charge in [0.15, 0.2) is 0 Å². The summed E-state index contributed by atoms with van der Waals surface area (Å²) in [5.74, 6) is 1.32. The summed E-state index contributed by atoms with van der Waals surface area (Å²) in [6, 6.07) is 17.0. The summed E-state index contributed by atoms with van der Waals surface area (Å²) in [5, 5.41) is 9.93. The van der Waals surface area contributed by atoms with Crippen LogP contribution in [0.3, 0.4) is 0 Å². The fraction of sp³-hybridized carbons (Fsp3) is 0.292. The minimum Gasteiger partial charge on any atom is -0.497 e. The molecule has 1 aliphatic heterocycles. The highest BCUT2D eigenvalue weighted by Gasteiger charge is 2.26. The number of carbonyl (C=O) groups is 2. The number of nitrogens with one attached hydrogen (secondary N) is 2. The molecule has 0 unspecified atom stereocenters. The zero-order chi connectivity index (χ0) is 22.3. The number of anilines is 1. The van der Waals surface area contributed by atoms with Gasteiger partial charge in [0.2, 0.25) is 11.8 Å². The minimum atomic E-state index is -0.112. The molecule has 1 aromatic heterocycles. The van der Waals surface area contributed by atoms with Gasteiger partial charge in [-0.25, -0.2) is 0 Å². The summed E-state index contributed by atoms with van der Waals surface area (Å²) in [4.78, 5) is 26.9. The van der Waals surface area contributed by atoms with Crippen LogP contribution in [0.2, 0.25) is 0 Å². The molecule has 0 fully saturated rings. The Morgan fingerprint density at radius 2 is 1.88 bits per heavy atom. The molecule has 2 amide bonds. The number of ether oxygens (including phenoxy) is 1. The van der Waals surface area contributed by atoms with E-state index in [1.807, 2.05) is 35.2 Å². The second kappa shape index (κ2) is 10.1. The molecule has 0 saturated heterocycles. The Balaban J connectivity index is 1.30. The highest BCUT2D eigenvalue weighted by molar-refractivity contribution is 5.92. The largest absolute Gasteiger partial charge is 0.497 e. The van der Waals surface area contributed by atoms with Crippen LogP contribution in [0.5, 0.6) is 5.75 Å². The first-order valence-electron chi connectivity index (χ1n) is 10.5. The van der Waals surface area contributed by atoms with Crippen LogP contribution >= 0.6 is 0 Å². The van der Waals surface area contributed by atoms with Crippen LogP contribution in [0.4, 0.5) is 5.69 Å². The molecule has 2 aromatic carbocycles. The number of hydrogen-bond donors (Lipinski definition) is 2. The van der Waals surface area contributed by atoms with Crippen LogP contribution in [0.25, 0.3) is 0 Å². The third-order valence-electron chi connectivity index (χ3n) is 5.39. The summed E-state index contributed by atoms with van der Waals surface area (Å²) in [6.45, 7) is 1.93. The average molecular weight is 434 g/mol. The van der Waals surface area contributed by atoms with E-state index in [9.17, 15) is 9.59 Å². The molecule has 0 radical (unpaired) electrons. The molecule has 0 atom stereocenters. The van der Waals surface area contributed by atoms with Crippen molar-refractivity contribution >= 4 is 17.5 Å². The molecule has 8 heteroatoms. The van der Waals surface area contributed by atoms with E-state index >= 15 is 0 Å². The Morgan fingerprint density at radius 3 is 2.62 bits per heavy atom. The normalized spacial score (nSPS) is 13.3. The van der Waals surface area contributed by atoms with E-state index in [1.165, 1.54) is 0 Å². The van der Waals surface area contributed by atoms with E-state index in [-0.39, 0.29) is 24.8 Å². The molecule has 0 aliphatic carbocycles. The summed E-state index contributed by atoms with van der Waals surface area (Å²) in [7, 11) is 1.60. The van der Waals surface area contributed by atoms with Crippen molar-refractivity contribution in [3.8, 4) is 5.75 Å². The van der Waals surface area contributed by atoms with Gasteiger partial charge >= 0.3 is 0 Å². The predicted molar refractivity (Wildman–Crippen MR) is 119 cm³/mol. The van der Waals surface area contributed by atoms with Crippen molar-refractivity contribution in [2.24, 2.45) is 0 Å². The van der Waals surface area contributed by atoms with Crippen LogP contribution in [0, 0.1) is 0 Å². The van der Waals surface area contributed by atoms with Gasteiger partial charge in [-0.05, 0) is 29.8 Å². The Bertz CT molecular complexity index is 1060. The van der Waals surface area contributed by atoms with Gasteiger partial charge in [-0.1, -0.05) is 35.5 Å². The lowest BCUT2D eigenvalue weighted by Crippen LogP contribution is -2.37. The molecule has 0 bridgehead atoms. The van der Waals surface area contributed by atoms with E-state index in [0.29, 0.717) is 37.4 Å². The Kier molecular flexibility index (Phi) is 6.81. The zero-order valence-corrected chi connectivity index (χ0v) is 18.0. The summed E-state index contributed by atoms with van der Waals surface area (Å²) in [6.07, 6.45) is 0.807. The van der Waals surface area contributed by atoms with Crippen molar-refractivity contribution in [1.29, 1.82) is 0 Å². The first-order valence-corrected chi connectivity index (χ1v) is 10.5. The lowest BCUT2D eigenvalue weighted by molar-refractivity contribution is -0.121. The maximum Gasteiger partial charge on any atom is 0.238 e. The van der Waals surface area contributed by atoms with Crippen LogP contribution in [0.1, 0.15) is 22.6 Å². The maximum absolute atomic E-state index is 12.5. The molecule has 0 saturated carbocycles. The van der Waals surface area contributed by atoms with E-state index in [2.05, 4.69) is 15.8 Å². The highest BCUT2D eigenvalue weighted by Crippen LogP contribution is 2.23. The fourth-order valence-corrected chi connectivity index (χ4v) is 3.68. The van der Waals surface area contributed by atoms with Gasteiger partial charge in [0.25, 0.3) is 0 Å². The first kappa shape index (κ1) is 21.6. The fourth-order valence-electron chi connectivity index (χ4n) is 3.68. The van der Waals surface area contributed by atoms with Crippen LogP contribution < -0.4 is 15.4 Å². The van der Waals surface area contributed by atoms with Crippen molar-refractivity contribution < 1.29 is 18.8 Å². The zero-order valence-electron chi connectivity index (χ0n) is 18.0. The molecule has 32 heavy (non-hydrogen) atoms. The number of benzene rings is 2. The molecule has 4 rings (SSSR count). The third kappa shape index (κ3) is 5.53. The average Bonchev–Trinajstić information content (AvgIpc) is 3.20. The van der Waals surface area contributed by atoms with E-state index in [1.54, 1.807) is 31.4 Å². The van der Waals surface area contributed by atoms with Gasteiger partial charge in [0.05, 0.1) is 25.8 Å². The molecule has 2 N–H and O–H groups in total. The number of aromatic nitrogens is 1. The number of carbonyl (C=O) groups excluding carboxylic acids is 2. The van der Waals surface area contributed by atoms with Gasteiger partial charge in [-0.15, -0.1) is 0 Å². The number of rotatable bonds is 8. The third-order valence-corrected chi connectivity index (χ3v) is 5.39. The summed E-state index contributed by atoms with van der Waals surface area (Å²) in [5.41, 5.74) is 3.29. The Labute approximate surface area is 186 Å². The first-order chi connectivity index (χ1) is 15.6. The van der Waals surface area contributed by atoms with Crippen molar-refractivity contribution in [2.45, 2.75) is 25.9 Å². The molecule has 8 nitrogen and oxygen atoms in total. The quantitative estimate of drug-likeness (QED) is 0.566. The van der Waals surface area contributed by atoms with Crippen LogP contribution in [-0.4, -0.2) is 42.1 Å². The lowest BCUT2D eigenvalue weighted by atomic mass is 10.0. The van der Waals surface area contributed by atoms with Crippen molar-refractivity contribution in [1.82, 2.24) is 15.4 Å². The van der Waals surface area contributed by atoms with Gasteiger partial charge < -0.3 is 19.9 Å². The minimum absolute atomic E-state index is 0.0998. The van der Waals surface area contributed by atoms with E-state index in [0.717, 1.165) is 22.6 Å².